The number of nitrogens with one attached hydrogen (secondary N) is 1. The molecule has 0 amide bonds. The third kappa shape index (κ3) is 1.94. The predicted octanol–water partition coefficient (Wildman–Crippen LogP) is 0.794. The fourth-order valence-electron chi connectivity index (χ4n) is 1.69. The first-order valence-corrected chi connectivity index (χ1v) is 4.75. The molecule has 0 aliphatic carbocycles. The fourth-order valence-corrected chi connectivity index (χ4v) is 1.69. The van der Waals surface area contributed by atoms with Gasteiger partial charge in [-0.3, -0.25) is 0 Å². The van der Waals surface area contributed by atoms with Gasteiger partial charge in [0.1, 0.15) is 0 Å². The zero-order valence-electron chi connectivity index (χ0n) is 7.93. The van der Waals surface area contributed by atoms with E-state index in [9.17, 15) is 0 Å². The van der Waals surface area contributed by atoms with Crippen LogP contribution in [0.1, 0.15) is 13.8 Å². The smallest absolute Gasteiger partial charge is 0.00226 e. The molecule has 0 radical (unpaired) electrons. The van der Waals surface area contributed by atoms with E-state index in [2.05, 4.69) is 17.3 Å². The van der Waals surface area contributed by atoms with Crippen LogP contribution in [0.5, 0.6) is 0 Å². The van der Waals surface area contributed by atoms with E-state index in [0.717, 1.165) is 11.8 Å². The van der Waals surface area contributed by atoms with E-state index in [-0.39, 0.29) is 0 Å². The minimum atomic E-state index is 1.01. The fraction of sp³-hybridized carbons (Fsp3) is 1.00. The van der Waals surface area contributed by atoms with Gasteiger partial charge < -0.3 is 10.2 Å². The van der Waals surface area contributed by atoms with Crippen molar-refractivity contribution >= 4 is 0 Å². The molecule has 0 atom stereocenters. The van der Waals surface area contributed by atoms with Crippen LogP contribution < -0.4 is 5.32 Å². The number of likely N-dealkylation sites (tertiary alicyclic amines) is 1. The third-order valence-corrected chi connectivity index (χ3v) is 2.57. The molecule has 0 unspecified atom stereocenters. The van der Waals surface area contributed by atoms with E-state index in [1.807, 2.05) is 13.8 Å². The number of nitrogens with zero attached hydrogens (tertiary/aromatic N) is 1. The molecule has 0 aromatic carbocycles. The highest BCUT2D eigenvalue weighted by Gasteiger charge is 2.33. The van der Waals surface area contributed by atoms with Crippen LogP contribution in [-0.2, 0) is 0 Å². The molecule has 0 aromatic rings. The second kappa shape index (κ2) is 4.07. The Balaban J connectivity index is 0.000000281. The lowest BCUT2D eigenvalue weighted by Crippen LogP contribution is -2.57. The quantitative estimate of drug-likeness (QED) is 0.604. The van der Waals surface area contributed by atoms with E-state index < -0.39 is 0 Å². The maximum Gasteiger partial charge on any atom is 0.00226 e. The standard InChI is InChI=1S/C7H14N2.C2H6/c1-9-4-7(5-9)6-2-8-3-6;1-2/h6-8H,2-5H2,1H3;1-2H3. The molecule has 0 spiro atoms. The van der Waals surface area contributed by atoms with Crippen LogP contribution in [0.3, 0.4) is 0 Å². The molecular weight excluding hydrogens is 136 g/mol. The summed E-state index contributed by atoms with van der Waals surface area (Å²) in [5.41, 5.74) is 0. The molecular formula is C9H20N2. The van der Waals surface area contributed by atoms with Crippen molar-refractivity contribution in [2.24, 2.45) is 11.8 Å². The van der Waals surface area contributed by atoms with Crippen LogP contribution in [0.2, 0.25) is 0 Å². The molecule has 2 rings (SSSR count). The molecule has 66 valence electrons. The van der Waals surface area contributed by atoms with Crippen LogP contribution >= 0.6 is 0 Å². The van der Waals surface area contributed by atoms with E-state index in [4.69, 9.17) is 0 Å². The van der Waals surface area contributed by atoms with Gasteiger partial charge in [0, 0.05) is 13.1 Å². The zero-order chi connectivity index (χ0) is 8.27. The molecule has 2 aliphatic rings. The monoisotopic (exact) mass is 156 g/mol. The average molecular weight is 156 g/mol. The van der Waals surface area contributed by atoms with Crippen molar-refractivity contribution in [3.05, 3.63) is 0 Å². The van der Waals surface area contributed by atoms with Crippen molar-refractivity contribution in [1.82, 2.24) is 10.2 Å². The van der Waals surface area contributed by atoms with Crippen LogP contribution in [0, 0.1) is 11.8 Å². The normalized spacial score (nSPS) is 26.5. The summed E-state index contributed by atoms with van der Waals surface area (Å²) in [6, 6.07) is 0. The topological polar surface area (TPSA) is 15.3 Å². The summed E-state index contributed by atoms with van der Waals surface area (Å²) in [6.07, 6.45) is 0. The van der Waals surface area contributed by atoms with Crippen molar-refractivity contribution < 1.29 is 0 Å². The lowest BCUT2D eigenvalue weighted by molar-refractivity contribution is 0.0586. The van der Waals surface area contributed by atoms with Gasteiger partial charge in [-0.1, -0.05) is 13.8 Å². The minimum Gasteiger partial charge on any atom is -0.316 e. The van der Waals surface area contributed by atoms with E-state index in [1.165, 1.54) is 26.2 Å². The molecule has 2 saturated heterocycles. The molecule has 1 N–H and O–H groups in total. The Morgan fingerprint density at radius 1 is 1.09 bits per heavy atom. The third-order valence-electron chi connectivity index (χ3n) is 2.57. The largest absolute Gasteiger partial charge is 0.316 e. The Kier molecular flexibility index (Phi) is 3.34. The Labute approximate surface area is 70.0 Å². The van der Waals surface area contributed by atoms with Gasteiger partial charge in [0.25, 0.3) is 0 Å². The average Bonchev–Trinajstić information content (AvgIpc) is 1.86. The summed E-state index contributed by atoms with van der Waals surface area (Å²) < 4.78 is 0. The molecule has 0 saturated carbocycles. The molecule has 2 aliphatic heterocycles. The predicted molar refractivity (Wildman–Crippen MR) is 48.7 cm³/mol. The Morgan fingerprint density at radius 3 is 1.91 bits per heavy atom. The van der Waals surface area contributed by atoms with Crippen LogP contribution in [0.25, 0.3) is 0 Å². The van der Waals surface area contributed by atoms with Crippen molar-refractivity contribution in [3.63, 3.8) is 0 Å². The first-order chi connectivity index (χ1) is 5.36. The van der Waals surface area contributed by atoms with Gasteiger partial charge in [-0.25, -0.2) is 0 Å². The van der Waals surface area contributed by atoms with Crippen LogP contribution in [0.4, 0.5) is 0 Å². The van der Waals surface area contributed by atoms with E-state index in [0.29, 0.717) is 0 Å². The second-order valence-corrected chi connectivity index (χ2v) is 3.40. The second-order valence-electron chi connectivity index (χ2n) is 3.40. The molecule has 11 heavy (non-hydrogen) atoms. The van der Waals surface area contributed by atoms with Gasteiger partial charge in [0.2, 0.25) is 0 Å². The molecule has 2 heteroatoms. The first kappa shape index (κ1) is 9.01. The lowest BCUT2D eigenvalue weighted by atomic mass is 9.82. The van der Waals surface area contributed by atoms with Crippen LogP contribution in [0.15, 0.2) is 0 Å². The summed E-state index contributed by atoms with van der Waals surface area (Å²) in [6.45, 7) is 9.23. The van der Waals surface area contributed by atoms with Crippen molar-refractivity contribution in [1.29, 1.82) is 0 Å². The molecule has 0 bridgehead atoms. The Bertz CT molecular complexity index is 104. The van der Waals surface area contributed by atoms with Gasteiger partial charge in [-0.15, -0.1) is 0 Å². The maximum atomic E-state index is 3.31. The molecule has 2 nitrogen and oxygen atoms in total. The SMILES string of the molecule is CC.CN1CC(C2CNC2)C1. The number of hydrogen-bond acceptors (Lipinski definition) is 2. The van der Waals surface area contributed by atoms with E-state index >= 15 is 0 Å². The van der Waals surface area contributed by atoms with Gasteiger partial charge >= 0.3 is 0 Å². The van der Waals surface area contributed by atoms with Gasteiger partial charge in [0.05, 0.1) is 0 Å². The highest BCUT2D eigenvalue weighted by Crippen LogP contribution is 2.24. The van der Waals surface area contributed by atoms with Gasteiger partial charge in [-0.05, 0) is 32.0 Å². The lowest BCUT2D eigenvalue weighted by Gasteiger charge is -2.45. The van der Waals surface area contributed by atoms with Crippen molar-refractivity contribution in [2.45, 2.75) is 13.8 Å². The minimum absolute atomic E-state index is 1.01. The zero-order valence-corrected chi connectivity index (χ0v) is 7.93. The van der Waals surface area contributed by atoms with Gasteiger partial charge in [0.15, 0.2) is 0 Å². The van der Waals surface area contributed by atoms with Gasteiger partial charge in [-0.2, -0.15) is 0 Å². The van der Waals surface area contributed by atoms with Crippen LogP contribution in [-0.4, -0.2) is 38.1 Å². The van der Waals surface area contributed by atoms with Crippen molar-refractivity contribution in [2.75, 3.05) is 33.2 Å². The maximum absolute atomic E-state index is 3.31. The number of rotatable bonds is 1. The summed E-state index contributed by atoms with van der Waals surface area (Å²) in [4.78, 5) is 2.39. The summed E-state index contributed by atoms with van der Waals surface area (Å²) in [5, 5.41) is 3.31. The summed E-state index contributed by atoms with van der Waals surface area (Å²) in [5.74, 6) is 2.04. The molecule has 2 fully saturated rings. The molecule has 2 heterocycles. The first-order valence-electron chi connectivity index (χ1n) is 4.75. The molecule has 0 aromatic heterocycles. The summed E-state index contributed by atoms with van der Waals surface area (Å²) >= 11 is 0. The highest BCUT2D eigenvalue weighted by molar-refractivity contribution is 4.89. The Morgan fingerprint density at radius 2 is 1.64 bits per heavy atom. The Hall–Kier alpha value is -0.0800. The van der Waals surface area contributed by atoms with E-state index in [1.54, 1.807) is 0 Å². The highest BCUT2D eigenvalue weighted by atomic mass is 15.2. The summed E-state index contributed by atoms with van der Waals surface area (Å²) in [7, 11) is 2.20. The number of hydrogen-bond donors (Lipinski definition) is 1. The van der Waals surface area contributed by atoms with Crippen molar-refractivity contribution in [3.8, 4) is 0 Å².